The molecule has 2 fully saturated rings. The fraction of sp³-hybridized carbons (Fsp3) is 1.00. The van der Waals surface area contributed by atoms with E-state index < -0.39 is 0 Å². The van der Waals surface area contributed by atoms with Crippen LogP contribution >= 0.6 is 11.6 Å². The largest absolute Gasteiger partial charge is 0.347 e. The van der Waals surface area contributed by atoms with Crippen molar-refractivity contribution in [3.8, 4) is 0 Å². The van der Waals surface area contributed by atoms with Crippen molar-refractivity contribution in [1.82, 2.24) is 0 Å². The Bertz CT molecular complexity index is 257. The van der Waals surface area contributed by atoms with E-state index in [2.05, 4.69) is 20.8 Å². The van der Waals surface area contributed by atoms with Crippen LogP contribution in [0.3, 0.4) is 0 Å². The van der Waals surface area contributed by atoms with Crippen LogP contribution in [0.25, 0.3) is 0 Å². The van der Waals surface area contributed by atoms with E-state index in [1.807, 2.05) is 0 Å². The van der Waals surface area contributed by atoms with Gasteiger partial charge in [-0.1, -0.05) is 27.2 Å². The summed E-state index contributed by atoms with van der Waals surface area (Å²) in [4.78, 5) is 0. The number of hydrogen-bond acceptors (Lipinski definition) is 2. The van der Waals surface area contributed by atoms with E-state index in [0.29, 0.717) is 17.9 Å². The minimum atomic E-state index is -0.292. The molecule has 0 N–H and O–H groups in total. The molecule has 1 atom stereocenters. The molecule has 1 spiro atoms. The predicted molar refractivity (Wildman–Crippen MR) is 70.3 cm³/mol. The van der Waals surface area contributed by atoms with Crippen LogP contribution in [-0.4, -0.2) is 24.4 Å². The molecule has 0 aromatic heterocycles. The molecule has 1 saturated carbocycles. The summed E-state index contributed by atoms with van der Waals surface area (Å²) in [5, 5.41) is 0. The summed E-state index contributed by atoms with van der Waals surface area (Å²) in [6.07, 6.45) is 5.86. The van der Waals surface area contributed by atoms with Gasteiger partial charge in [-0.05, 0) is 24.2 Å². The van der Waals surface area contributed by atoms with Crippen LogP contribution < -0.4 is 0 Å². The minimum absolute atomic E-state index is 0.104. The van der Waals surface area contributed by atoms with Gasteiger partial charge < -0.3 is 9.47 Å². The normalized spacial score (nSPS) is 38.8. The molecule has 0 bridgehead atoms. The zero-order chi connectivity index (χ0) is 12.5. The summed E-state index contributed by atoms with van der Waals surface area (Å²) in [7, 11) is 0. The van der Waals surface area contributed by atoms with Crippen molar-refractivity contribution >= 4 is 11.6 Å². The molecule has 1 aliphatic carbocycles. The first-order chi connectivity index (χ1) is 8.01. The second kappa shape index (κ2) is 5.07. The van der Waals surface area contributed by atoms with Gasteiger partial charge >= 0.3 is 0 Å². The van der Waals surface area contributed by atoms with E-state index >= 15 is 0 Å². The molecule has 1 aliphatic heterocycles. The first-order valence-electron chi connectivity index (χ1n) is 6.89. The van der Waals surface area contributed by atoms with E-state index in [0.717, 1.165) is 18.8 Å². The third kappa shape index (κ3) is 2.80. The lowest BCUT2D eigenvalue weighted by molar-refractivity contribution is -0.195. The molecule has 1 heterocycles. The highest BCUT2D eigenvalue weighted by atomic mass is 35.5. The van der Waals surface area contributed by atoms with Crippen molar-refractivity contribution in [2.24, 2.45) is 11.3 Å². The molecule has 0 aromatic carbocycles. The Morgan fingerprint density at radius 3 is 2.41 bits per heavy atom. The lowest BCUT2D eigenvalue weighted by Crippen LogP contribution is -2.39. The van der Waals surface area contributed by atoms with Crippen LogP contribution in [0.4, 0.5) is 0 Å². The minimum Gasteiger partial charge on any atom is -0.347 e. The van der Waals surface area contributed by atoms with Gasteiger partial charge in [0.25, 0.3) is 0 Å². The molecular formula is C14H25ClO2. The van der Waals surface area contributed by atoms with Crippen molar-refractivity contribution in [1.29, 1.82) is 0 Å². The second-order valence-electron chi connectivity index (χ2n) is 6.23. The average molecular weight is 261 g/mol. The van der Waals surface area contributed by atoms with Gasteiger partial charge in [0.05, 0.1) is 18.6 Å². The quantitative estimate of drug-likeness (QED) is 0.715. The molecule has 3 heteroatoms. The molecule has 1 unspecified atom stereocenters. The zero-order valence-electron chi connectivity index (χ0n) is 11.3. The topological polar surface area (TPSA) is 18.5 Å². The second-order valence-corrected chi connectivity index (χ2v) is 6.54. The first kappa shape index (κ1) is 13.6. The molecule has 2 rings (SSSR count). The van der Waals surface area contributed by atoms with Crippen LogP contribution in [-0.2, 0) is 9.47 Å². The van der Waals surface area contributed by atoms with Crippen molar-refractivity contribution in [3.05, 3.63) is 0 Å². The Hall–Kier alpha value is 0.210. The molecule has 0 amide bonds. The summed E-state index contributed by atoms with van der Waals surface area (Å²) in [6, 6.07) is 0. The molecule has 0 radical (unpaired) electrons. The maximum atomic E-state index is 5.98. The number of rotatable bonds is 3. The maximum Gasteiger partial charge on any atom is 0.168 e. The van der Waals surface area contributed by atoms with Crippen molar-refractivity contribution < 1.29 is 9.47 Å². The standard InChI is InChI=1S/C14H25ClO2/c1-4-13(2,3)11-5-7-14(8-6-11)16-10-12(9-15)17-14/h11-12H,4-10H2,1-3H3. The zero-order valence-corrected chi connectivity index (χ0v) is 12.1. The summed E-state index contributed by atoms with van der Waals surface area (Å²) in [6.45, 7) is 7.73. The average Bonchev–Trinajstić information content (AvgIpc) is 2.73. The van der Waals surface area contributed by atoms with E-state index in [4.69, 9.17) is 21.1 Å². The number of ether oxygens (including phenoxy) is 2. The van der Waals surface area contributed by atoms with Crippen LogP contribution in [0.1, 0.15) is 52.9 Å². The number of halogens is 1. The SMILES string of the molecule is CCC(C)(C)C1CCC2(CC1)OCC(CCl)O2. The maximum absolute atomic E-state index is 5.98. The van der Waals surface area contributed by atoms with Gasteiger partial charge in [0.1, 0.15) is 0 Å². The summed E-state index contributed by atoms with van der Waals surface area (Å²) in [5.41, 5.74) is 0.450. The Balaban J connectivity index is 1.90. The Labute approximate surface area is 110 Å². The molecule has 2 aliphatic rings. The van der Waals surface area contributed by atoms with Crippen molar-refractivity contribution in [2.45, 2.75) is 64.8 Å². The Morgan fingerprint density at radius 2 is 1.94 bits per heavy atom. The Kier molecular flexibility index (Phi) is 4.06. The van der Waals surface area contributed by atoms with Gasteiger partial charge in [0, 0.05) is 12.8 Å². The smallest absolute Gasteiger partial charge is 0.168 e. The Morgan fingerprint density at radius 1 is 1.29 bits per heavy atom. The monoisotopic (exact) mass is 260 g/mol. The van der Waals surface area contributed by atoms with Crippen LogP contribution in [0.2, 0.25) is 0 Å². The van der Waals surface area contributed by atoms with Crippen LogP contribution in [0, 0.1) is 11.3 Å². The lowest BCUT2D eigenvalue weighted by atomic mass is 9.68. The summed E-state index contributed by atoms with van der Waals surface area (Å²) in [5.74, 6) is 1.06. The van der Waals surface area contributed by atoms with E-state index in [1.54, 1.807) is 0 Å². The van der Waals surface area contributed by atoms with Gasteiger partial charge in [-0.2, -0.15) is 0 Å². The summed E-state index contributed by atoms with van der Waals surface area (Å²) >= 11 is 5.83. The molecule has 0 aromatic rings. The molecule has 17 heavy (non-hydrogen) atoms. The van der Waals surface area contributed by atoms with Crippen molar-refractivity contribution in [3.63, 3.8) is 0 Å². The van der Waals surface area contributed by atoms with Crippen molar-refractivity contribution in [2.75, 3.05) is 12.5 Å². The fourth-order valence-corrected chi connectivity index (χ4v) is 3.23. The number of hydrogen-bond donors (Lipinski definition) is 0. The van der Waals surface area contributed by atoms with Crippen LogP contribution in [0.5, 0.6) is 0 Å². The van der Waals surface area contributed by atoms with E-state index in [9.17, 15) is 0 Å². The fourth-order valence-electron chi connectivity index (χ4n) is 3.08. The predicted octanol–water partition coefficient (Wildman–Crippen LogP) is 3.96. The molecule has 1 saturated heterocycles. The van der Waals surface area contributed by atoms with E-state index in [1.165, 1.54) is 19.3 Å². The highest BCUT2D eigenvalue weighted by Gasteiger charge is 2.45. The molecule has 100 valence electrons. The van der Waals surface area contributed by atoms with Gasteiger partial charge in [-0.3, -0.25) is 0 Å². The molecular weight excluding hydrogens is 236 g/mol. The van der Waals surface area contributed by atoms with Gasteiger partial charge in [-0.15, -0.1) is 11.6 Å². The molecule has 2 nitrogen and oxygen atoms in total. The van der Waals surface area contributed by atoms with Gasteiger partial charge in [0.2, 0.25) is 0 Å². The number of alkyl halides is 1. The van der Waals surface area contributed by atoms with Gasteiger partial charge in [-0.25, -0.2) is 0 Å². The van der Waals surface area contributed by atoms with E-state index in [-0.39, 0.29) is 11.9 Å². The van der Waals surface area contributed by atoms with Crippen LogP contribution in [0.15, 0.2) is 0 Å². The third-order valence-corrected chi connectivity index (χ3v) is 5.19. The van der Waals surface area contributed by atoms with Gasteiger partial charge in [0.15, 0.2) is 5.79 Å². The highest BCUT2D eigenvalue weighted by Crippen LogP contribution is 2.46. The third-order valence-electron chi connectivity index (χ3n) is 4.85. The summed E-state index contributed by atoms with van der Waals surface area (Å²) < 4.78 is 11.9. The highest BCUT2D eigenvalue weighted by molar-refractivity contribution is 6.18. The first-order valence-corrected chi connectivity index (χ1v) is 7.42. The lowest BCUT2D eigenvalue weighted by Gasteiger charge is -2.42.